The number of benzene rings is 2. The van der Waals surface area contributed by atoms with Crippen LogP contribution in [0.15, 0.2) is 48.5 Å². The molecule has 2 aliphatic rings. The zero-order valence-corrected chi connectivity index (χ0v) is 18.5. The minimum absolute atomic E-state index is 0.0405. The van der Waals surface area contributed by atoms with Crippen molar-refractivity contribution in [3.8, 4) is 11.1 Å². The van der Waals surface area contributed by atoms with Crippen LogP contribution in [0.1, 0.15) is 30.4 Å². The van der Waals surface area contributed by atoms with Gasteiger partial charge < -0.3 is 25.2 Å². The Morgan fingerprint density at radius 3 is 2.30 bits per heavy atom. The van der Waals surface area contributed by atoms with Gasteiger partial charge >= 0.3 is 12.1 Å². The van der Waals surface area contributed by atoms with Crippen LogP contribution in [0.5, 0.6) is 0 Å². The molecular formula is C25H28N2O6. The third-order valence-corrected chi connectivity index (χ3v) is 6.43. The van der Waals surface area contributed by atoms with Crippen molar-refractivity contribution in [2.45, 2.75) is 25.3 Å². The maximum Gasteiger partial charge on any atom is 0.407 e. The number of rotatable bonds is 8. The number of fused-ring (bicyclic) bond motifs is 3. The number of hydrogen-bond acceptors (Lipinski definition) is 5. The monoisotopic (exact) mass is 452 g/mol. The topological polar surface area (TPSA) is 114 Å². The van der Waals surface area contributed by atoms with E-state index >= 15 is 0 Å². The highest BCUT2D eigenvalue weighted by Gasteiger charge is 2.36. The number of hydrogen-bond donors (Lipinski definition) is 3. The van der Waals surface area contributed by atoms with Crippen molar-refractivity contribution in [1.82, 2.24) is 10.6 Å². The van der Waals surface area contributed by atoms with Gasteiger partial charge in [0.1, 0.15) is 6.61 Å². The van der Waals surface area contributed by atoms with Crippen molar-refractivity contribution in [3.05, 3.63) is 59.7 Å². The van der Waals surface area contributed by atoms with Gasteiger partial charge in [-0.25, -0.2) is 4.79 Å². The molecule has 33 heavy (non-hydrogen) atoms. The lowest BCUT2D eigenvalue weighted by Gasteiger charge is -2.20. The Balaban J connectivity index is 1.33. The average Bonchev–Trinajstić information content (AvgIpc) is 3.40. The van der Waals surface area contributed by atoms with E-state index in [9.17, 15) is 14.4 Å². The molecule has 3 atom stereocenters. The summed E-state index contributed by atoms with van der Waals surface area (Å²) in [6.45, 7) is 2.33. The molecule has 0 bridgehead atoms. The predicted octanol–water partition coefficient (Wildman–Crippen LogP) is 2.77. The van der Waals surface area contributed by atoms with Gasteiger partial charge in [0.15, 0.2) is 0 Å². The summed E-state index contributed by atoms with van der Waals surface area (Å²) in [4.78, 5) is 36.3. The highest BCUT2D eigenvalue weighted by atomic mass is 16.5. The fourth-order valence-electron chi connectivity index (χ4n) is 4.51. The number of nitrogens with one attached hydrogen (secondary N) is 2. The molecular weight excluding hydrogens is 424 g/mol. The first-order chi connectivity index (χ1) is 16.0. The summed E-state index contributed by atoms with van der Waals surface area (Å²) >= 11 is 0. The predicted molar refractivity (Wildman–Crippen MR) is 121 cm³/mol. The molecule has 4 rings (SSSR count). The molecule has 2 aromatic rings. The van der Waals surface area contributed by atoms with Crippen LogP contribution < -0.4 is 10.6 Å². The van der Waals surface area contributed by atoms with E-state index in [4.69, 9.17) is 14.6 Å². The Labute approximate surface area is 192 Å². The van der Waals surface area contributed by atoms with Gasteiger partial charge in [-0.3, -0.25) is 9.59 Å². The normalized spacial score (nSPS) is 19.9. The van der Waals surface area contributed by atoms with Crippen LogP contribution in [0.3, 0.4) is 0 Å². The van der Waals surface area contributed by atoms with Crippen molar-refractivity contribution in [1.29, 1.82) is 0 Å². The molecule has 3 N–H and O–H groups in total. The smallest absolute Gasteiger partial charge is 0.407 e. The standard InChI is InChI=1S/C25H28N2O6/c1-2-15(24(29)30)11-26-23(28)21-12-32-14-22(21)27-25(31)33-13-20-18-9-5-3-7-16(18)17-8-4-6-10-19(17)20/h3-10,15,20-22H,2,11-14H2,1H3,(H,26,28)(H,27,31)(H,29,30). The second-order valence-corrected chi connectivity index (χ2v) is 8.41. The summed E-state index contributed by atoms with van der Waals surface area (Å²) in [5.74, 6) is -2.59. The van der Waals surface area contributed by atoms with Gasteiger partial charge in [0, 0.05) is 12.5 Å². The lowest BCUT2D eigenvalue weighted by Crippen LogP contribution is -2.47. The molecule has 0 spiro atoms. The molecule has 0 radical (unpaired) electrons. The number of carboxylic acid groups (broad SMARTS) is 1. The summed E-state index contributed by atoms with van der Waals surface area (Å²) in [5.41, 5.74) is 4.54. The lowest BCUT2D eigenvalue weighted by atomic mass is 9.98. The lowest BCUT2D eigenvalue weighted by molar-refractivity contribution is -0.141. The van der Waals surface area contributed by atoms with E-state index in [1.807, 2.05) is 36.4 Å². The van der Waals surface area contributed by atoms with Gasteiger partial charge in [-0.1, -0.05) is 55.5 Å². The Kier molecular flexibility index (Phi) is 6.93. The first-order valence-electron chi connectivity index (χ1n) is 11.2. The second-order valence-electron chi connectivity index (χ2n) is 8.41. The van der Waals surface area contributed by atoms with Crippen LogP contribution in [-0.4, -0.2) is 55.5 Å². The summed E-state index contributed by atoms with van der Waals surface area (Å²) in [6.07, 6.45) is -0.194. The first-order valence-corrected chi connectivity index (χ1v) is 11.2. The third kappa shape index (κ3) is 4.85. The van der Waals surface area contributed by atoms with E-state index in [1.54, 1.807) is 6.92 Å². The summed E-state index contributed by atoms with van der Waals surface area (Å²) in [7, 11) is 0. The third-order valence-electron chi connectivity index (χ3n) is 6.43. The molecule has 8 heteroatoms. The molecule has 174 valence electrons. The van der Waals surface area contributed by atoms with Crippen molar-refractivity contribution < 1.29 is 29.0 Å². The Morgan fingerprint density at radius 1 is 1.06 bits per heavy atom. The Morgan fingerprint density at radius 2 is 1.70 bits per heavy atom. The number of amides is 2. The number of carboxylic acids is 1. The fraction of sp³-hybridized carbons (Fsp3) is 0.400. The van der Waals surface area contributed by atoms with Crippen molar-refractivity contribution >= 4 is 18.0 Å². The van der Waals surface area contributed by atoms with Crippen molar-refractivity contribution in [2.75, 3.05) is 26.4 Å². The molecule has 8 nitrogen and oxygen atoms in total. The maximum absolute atomic E-state index is 12.6. The van der Waals surface area contributed by atoms with Gasteiger partial charge in [0.25, 0.3) is 0 Å². The largest absolute Gasteiger partial charge is 0.481 e. The molecule has 0 saturated carbocycles. The van der Waals surface area contributed by atoms with Crippen LogP contribution >= 0.6 is 0 Å². The number of aliphatic carboxylic acids is 1. The second kappa shape index (κ2) is 10.0. The van der Waals surface area contributed by atoms with Crippen molar-refractivity contribution in [3.63, 3.8) is 0 Å². The van der Waals surface area contributed by atoms with E-state index in [2.05, 4.69) is 22.8 Å². The molecule has 2 amide bonds. The van der Waals surface area contributed by atoms with Crippen LogP contribution in [0.2, 0.25) is 0 Å². The average molecular weight is 453 g/mol. The number of ether oxygens (including phenoxy) is 2. The van der Waals surface area contributed by atoms with Gasteiger partial charge in [0.05, 0.1) is 31.1 Å². The van der Waals surface area contributed by atoms with E-state index < -0.39 is 29.9 Å². The van der Waals surface area contributed by atoms with Gasteiger partial charge in [-0.2, -0.15) is 0 Å². The molecule has 1 fully saturated rings. The summed E-state index contributed by atoms with van der Waals surface area (Å²) in [5, 5.41) is 14.6. The molecule has 0 aromatic heterocycles. The first kappa shape index (κ1) is 22.8. The number of alkyl carbamates (subject to hydrolysis) is 1. The Bertz CT molecular complexity index is 994. The maximum atomic E-state index is 12.6. The molecule has 1 aliphatic heterocycles. The molecule has 1 heterocycles. The van der Waals surface area contributed by atoms with E-state index in [1.165, 1.54) is 0 Å². The van der Waals surface area contributed by atoms with E-state index in [0.29, 0.717) is 6.42 Å². The quantitative estimate of drug-likeness (QED) is 0.568. The van der Waals surface area contributed by atoms with E-state index in [0.717, 1.165) is 22.3 Å². The minimum atomic E-state index is -0.950. The highest BCUT2D eigenvalue weighted by Crippen LogP contribution is 2.44. The highest BCUT2D eigenvalue weighted by molar-refractivity contribution is 5.82. The summed E-state index contributed by atoms with van der Waals surface area (Å²) < 4.78 is 11.0. The zero-order chi connectivity index (χ0) is 23.4. The van der Waals surface area contributed by atoms with Gasteiger partial charge in [0.2, 0.25) is 5.91 Å². The molecule has 2 aromatic carbocycles. The number of carbonyl (C=O) groups is 3. The van der Waals surface area contributed by atoms with E-state index in [-0.39, 0.29) is 38.2 Å². The zero-order valence-electron chi connectivity index (χ0n) is 18.5. The van der Waals surface area contributed by atoms with Crippen LogP contribution in [-0.2, 0) is 19.1 Å². The Hall–Kier alpha value is -3.39. The summed E-state index contributed by atoms with van der Waals surface area (Å²) in [6, 6.07) is 15.6. The van der Waals surface area contributed by atoms with Crippen LogP contribution in [0.4, 0.5) is 4.79 Å². The van der Waals surface area contributed by atoms with Gasteiger partial charge in [-0.15, -0.1) is 0 Å². The molecule has 3 unspecified atom stereocenters. The van der Waals surface area contributed by atoms with Crippen molar-refractivity contribution in [2.24, 2.45) is 11.8 Å². The SMILES string of the molecule is CCC(CNC(=O)C1COCC1NC(=O)OCC1c2ccccc2-c2ccccc21)C(=O)O. The minimum Gasteiger partial charge on any atom is -0.481 e. The molecule has 1 aliphatic carbocycles. The molecule has 1 saturated heterocycles. The van der Waals surface area contributed by atoms with Crippen LogP contribution in [0.25, 0.3) is 11.1 Å². The fourth-order valence-corrected chi connectivity index (χ4v) is 4.51. The van der Waals surface area contributed by atoms with Crippen LogP contribution in [0, 0.1) is 11.8 Å². The van der Waals surface area contributed by atoms with Gasteiger partial charge in [-0.05, 0) is 28.7 Å². The number of carbonyl (C=O) groups excluding carboxylic acids is 2.